The third-order valence-electron chi connectivity index (χ3n) is 23.5. The number of ether oxygens (including phenoxy) is 1. The summed E-state index contributed by atoms with van der Waals surface area (Å²) < 4.78 is 5.33. The number of piperazine rings is 1. The van der Waals surface area contributed by atoms with Crippen molar-refractivity contribution in [2.75, 3.05) is 158 Å². The van der Waals surface area contributed by atoms with Gasteiger partial charge < -0.3 is 152 Å². The first-order valence-electron chi connectivity index (χ1n) is 44.6. The van der Waals surface area contributed by atoms with E-state index in [4.69, 9.17) is 20.1 Å². The average Bonchev–Trinajstić information content (AvgIpc) is 1.22. The first kappa shape index (κ1) is 103. The quantitative estimate of drug-likeness (QED) is 0.0174. The molecule has 0 bridgehead atoms. The van der Waals surface area contributed by atoms with Gasteiger partial charge in [-0.1, -0.05) is 32.4 Å². The second-order valence-corrected chi connectivity index (χ2v) is 34.9. The maximum absolute atomic E-state index is 12.6. The molecule has 0 unspecified atom stereocenters. The Morgan fingerprint density at radius 3 is 1.06 bits per heavy atom. The Kier molecular flexibility index (Phi) is 34.0. The number of H-pyrrole nitrogens is 4. The van der Waals surface area contributed by atoms with E-state index in [2.05, 4.69) is 116 Å². The molecule has 23 N–H and O–H groups in total. The minimum absolute atomic E-state index is 0.00401. The predicted molar refractivity (Wildman–Crippen MR) is 509 cm³/mol. The fraction of sp³-hybridized carbons (Fsp3) is 0.457. The smallest absolute Gasteiger partial charge is 0.308 e. The minimum Gasteiger partial charge on any atom is -0.460 e. The molecule has 0 spiro atoms. The van der Waals surface area contributed by atoms with Crippen molar-refractivity contribution in [1.82, 2.24) is 49.8 Å². The molecule has 4 aromatic carbocycles. The van der Waals surface area contributed by atoms with Gasteiger partial charge in [0.15, 0.2) is 44.7 Å². The van der Waals surface area contributed by atoms with E-state index in [1.54, 1.807) is 53.8 Å². The number of aryl methyl sites for hydroxylation is 4. The van der Waals surface area contributed by atoms with Crippen LogP contribution in [0.15, 0.2) is 112 Å². The molecule has 2 saturated heterocycles. The van der Waals surface area contributed by atoms with Crippen LogP contribution < -0.4 is 106 Å². The molecule has 12 atom stereocenters. The number of nitrogens with one attached hydrogen (secondary N) is 6. The Balaban J connectivity index is 0.000000164. The van der Waals surface area contributed by atoms with Crippen molar-refractivity contribution in [2.24, 2.45) is 20.0 Å². The number of rotatable bonds is 32. The first-order chi connectivity index (χ1) is 65.1. The molecule has 0 aliphatic carbocycles. The highest BCUT2D eigenvalue weighted by Gasteiger charge is 2.38. The summed E-state index contributed by atoms with van der Waals surface area (Å²) in [5.74, 6) is 0.326. The largest absolute Gasteiger partial charge is 0.460 e. The summed E-state index contributed by atoms with van der Waals surface area (Å²) in [6.45, 7) is 30.8. The van der Waals surface area contributed by atoms with E-state index in [-0.39, 0.29) is 112 Å². The van der Waals surface area contributed by atoms with Crippen LogP contribution in [-0.4, -0.2) is 340 Å². The van der Waals surface area contributed by atoms with E-state index in [0.29, 0.717) is 77.2 Å². The Hall–Kier alpha value is -12.6. The second-order valence-electron chi connectivity index (χ2n) is 34.9. The number of hydrogen-bond acceptors (Lipinski definition) is 41. The molecule has 9 aromatic rings. The van der Waals surface area contributed by atoms with Gasteiger partial charge in [0, 0.05) is 100.0 Å². The number of anilines is 12. The summed E-state index contributed by atoms with van der Waals surface area (Å²) in [4.78, 5) is 125. The molecule has 736 valence electrons. The number of aromatic amines is 4. The molecular formula is C92H120N22O23. The number of aromatic nitrogens is 9. The van der Waals surface area contributed by atoms with Crippen molar-refractivity contribution in [3.63, 3.8) is 0 Å². The zero-order valence-corrected chi connectivity index (χ0v) is 76.9. The third-order valence-corrected chi connectivity index (χ3v) is 23.5. The summed E-state index contributed by atoms with van der Waals surface area (Å²) in [6, 6.07) is 20.5. The molecule has 5 aromatic heterocycles. The number of hydrogen-bond donors (Lipinski definition) is 23. The summed E-state index contributed by atoms with van der Waals surface area (Å²) >= 11 is 0. The van der Waals surface area contributed by atoms with Gasteiger partial charge in [-0.25, -0.2) is 39.9 Å². The van der Waals surface area contributed by atoms with Gasteiger partial charge in [-0.2, -0.15) is 0 Å². The number of aliphatic hydroxyl groups excluding tert-OH is 17. The maximum atomic E-state index is 12.6. The van der Waals surface area contributed by atoms with Crippen LogP contribution >= 0.6 is 0 Å². The molecule has 11 heterocycles. The molecule has 45 nitrogen and oxygen atoms in total. The Morgan fingerprint density at radius 1 is 0.423 bits per heavy atom. The van der Waals surface area contributed by atoms with Gasteiger partial charge in [0.2, 0.25) is 0 Å². The number of carbonyl (C=O) groups is 1. The Morgan fingerprint density at radius 2 is 0.745 bits per heavy atom. The molecule has 15 rings (SSSR count). The van der Waals surface area contributed by atoms with Gasteiger partial charge in [0.1, 0.15) is 101 Å². The van der Waals surface area contributed by atoms with Crippen LogP contribution in [0.5, 0.6) is 0 Å². The molecule has 45 heteroatoms. The van der Waals surface area contributed by atoms with Crippen LogP contribution in [0, 0.1) is 27.7 Å². The summed E-state index contributed by atoms with van der Waals surface area (Å²) in [5, 5.41) is 175. The molecule has 0 saturated carbocycles. The van der Waals surface area contributed by atoms with E-state index in [0.717, 1.165) is 97.1 Å². The molecule has 6 aliphatic rings. The molecule has 2 fully saturated rings. The van der Waals surface area contributed by atoms with Crippen LogP contribution in [-0.2, 0) is 16.0 Å². The summed E-state index contributed by atoms with van der Waals surface area (Å²) in [7, 11) is 0. The number of esters is 1. The number of fused-ring (bicyclic) bond motifs is 8. The van der Waals surface area contributed by atoms with Crippen LogP contribution in [0.4, 0.5) is 91.5 Å². The van der Waals surface area contributed by atoms with E-state index < -0.39 is 128 Å². The standard InChI is InChI=1S/C24H28N6O5.C24H33N5O7.C23H32N6O6.C21H27N5O5/c1-13-9-17-18(10-16(13)26-8-6-15-5-3-4-7-25-15)30(11-19(32)22(34)20(33)12-31)23-21(29-17)24(35)28-14(2)27-23;1-12-8-15-16(9-14(12)25-7-6-19(33)36-24(3,4)5)29(10-17(31)21(34)18(32)11-30)22-20(28-15)23(35)27-13(2)26-22;1-13-9-15-17(10-16(13)28-5-3-27(4-6-28)7-8-30)29(11-18(32)21(34)19(33)12-31)22-20(26-15)23(35)25-14(2)24-22;1-11-7-13-15(8-14(11)25-5-3-4-6-25)26(9-16(28)19(30)17(29)10-27)20-18(24-13)21(31)23-12(2)22-20/h3-5,7,9-10,19-20,22,26,31-34H,2,6,8,11-12H2,1H3,(H,28,35);8-9,17-18,21,25,30-32,34H,2,6-7,10-11H2,1,3-5H3,(H,27,35);9-10,18-19,21,30-34H,2-8,11-12H2,1H3,(H,25,35);7-8,16-17,19,27-30H,2-6,9-10H2,1H3,(H,23,31)/t19-,20+,22-;17-,18+,21-;18-,19+,21-;16-,17+,19-/m0000/s1. The van der Waals surface area contributed by atoms with Gasteiger partial charge in [-0.15, -0.1) is 0 Å². The van der Waals surface area contributed by atoms with E-state index in [1.807, 2.05) is 82.3 Å². The second kappa shape index (κ2) is 45.1. The van der Waals surface area contributed by atoms with Gasteiger partial charge in [0.25, 0.3) is 22.2 Å². The van der Waals surface area contributed by atoms with Gasteiger partial charge in [-0.05, 0) is 144 Å². The fourth-order valence-electron chi connectivity index (χ4n) is 16.3. The number of β-amino-alcohol motifs (C(OH)–C–C–N with tert-alkyl or cyclic N) is 5. The maximum Gasteiger partial charge on any atom is 0.308 e. The molecule has 137 heavy (non-hydrogen) atoms. The highest BCUT2D eigenvalue weighted by Crippen LogP contribution is 2.45. The van der Waals surface area contributed by atoms with Gasteiger partial charge in [-0.3, -0.25) is 33.9 Å². The number of aliphatic hydroxyl groups is 17. The molecule has 6 aliphatic heterocycles. The van der Waals surface area contributed by atoms with Crippen molar-refractivity contribution in [3.8, 4) is 0 Å². The predicted octanol–water partition coefficient (Wildman–Crippen LogP) is -6.23. The van der Waals surface area contributed by atoms with Crippen molar-refractivity contribution < 1.29 is 96.3 Å². The van der Waals surface area contributed by atoms with Crippen molar-refractivity contribution in [3.05, 3.63) is 186 Å². The van der Waals surface area contributed by atoms with Crippen LogP contribution in [0.25, 0.3) is 26.3 Å². The normalized spacial score (nSPS) is 16.7. The van der Waals surface area contributed by atoms with Gasteiger partial charge >= 0.3 is 5.97 Å². The topological polar surface area (TPSA) is 662 Å². The number of benzene rings is 4. The lowest BCUT2D eigenvalue weighted by atomic mass is 10.0. The number of pyridine rings is 1. The SMILES string of the molecule is C=c1nc2c(c(=O)[nH]1)=Nc1cc(C)c(N3CCCC3)cc1N2C[C@H](O)[C@H](O)[C@H](O)CO.C=c1nc2c(c(=O)[nH]1)=Nc1cc(C)c(N3CCN(CCO)CC3)cc1N2C[C@H](O)[C@H](O)[C@H](O)CO.C=c1nc2c(c(=O)[nH]1)=Nc1cc(C)c(NCCC(=O)OC(C)(C)C)cc1N2C[C@H](O)[C@H](O)[C@H](O)CO.C=c1nc2c(c(=O)[nH]1)=Nc1cc(C)c(NCCc3ccccn3)cc1N2C[C@H](O)[C@H](O)[C@H](O)CO. The lowest BCUT2D eigenvalue weighted by Crippen LogP contribution is -2.49. The van der Waals surface area contributed by atoms with Crippen molar-refractivity contribution in [2.45, 2.75) is 153 Å². The highest BCUT2D eigenvalue weighted by atomic mass is 16.6. The van der Waals surface area contributed by atoms with Crippen LogP contribution in [0.1, 0.15) is 68.0 Å². The van der Waals surface area contributed by atoms with Crippen molar-refractivity contribution in [1.29, 1.82) is 0 Å². The zero-order valence-electron chi connectivity index (χ0n) is 76.9. The van der Waals surface area contributed by atoms with Crippen LogP contribution in [0.3, 0.4) is 0 Å². The third kappa shape index (κ3) is 24.5. The van der Waals surface area contributed by atoms with Crippen molar-refractivity contribution >= 4 is 124 Å². The zero-order chi connectivity index (χ0) is 99.5. The highest BCUT2D eigenvalue weighted by molar-refractivity contribution is 5.85. The lowest BCUT2D eigenvalue weighted by Gasteiger charge is -2.38. The summed E-state index contributed by atoms with van der Waals surface area (Å²) in [6.07, 6.45) is -13.6. The van der Waals surface area contributed by atoms with Gasteiger partial charge in [0.05, 0.1) is 111 Å². The van der Waals surface area contributed by atoms with E-state index in [1.165, 1.54) is 4.90 Å². The minimum atomic E-state index is -1.65. The lowest BCUT2D eigenvalue weighted by molar-refractivity contribution is -0.154. The Bertz CT molecular complexity index is 6580. The first-order valence-corrected chi connectivity index (χ1v) is 44.6. The molecule has 0 amide bonds. The molecular weight excluding hydrogens is 1780 g/mol. The van der Waals surface area contributed by atoms with E-state index in [9.17, 15) is 95.5 Å². The summed E-state index contributed by atoms with van der Waals surface area (Å²) in [5.41, 5.74) is 10.2. The Labute approximate surface area is 783 Å². The number of carbonyl (C=O) groups excluding carboxylic acids is 1. The fourth-order valence-corrected chi connectivity index (χ4v) is 16.3. The van der Waals surface area contributed by atoms with E-state index >= 15 is 0 Å². The average molecular weight is 1900 g/mol. The monoisotopic (exact) mass is 1900 g/mol. The number of nitrogens with zero attached hydrogens (tertiary/aromatic N) is 16. The molecule has 0 radical (unpaired) electrons. The van der Waals surface area contributed by atoms with Crippen LogP contribution in [0.2, 0.25) is 0 Å².